The summed E-state index contributed by atoms with van der Waals surface area (Å²) in [6.07, 6.45) is 1.99. The second kappa shape index (κ2) is 5.58. The normalized spacial score (nSPS) is 11.0. The number of aromatic nitrogens is 2. The molecule has 0 aliphatic carbocycles. The van der Waals surface area contributed by atoms with Crippen molar-refractivity contribution in [2.75, 3.05) is 6.61 Å². The first-order valence-electron chi connectivity index (χ1n) is 7.04. The zero-order valence-corrected chi connectivity index (χ0v) is 12.2. The summed E-state index contributed by atoms with van der Waals surface area (Å²) in [7, 11) is 0. The molecule has 21 heavy (non-hydrogen) atoms. The van der Waals surface area contributed by atoms with Crippen LogP contribution in [0.1, 0.15) is 18.2 Å². The van der Waals surface area contributed by atoms with Crippen LogP contribution in [0.3, 0.4) is 0 Å². The Morgan fingerprint density at radius 3 is 2.57 bits per heavy atom. The molecule has 0 fully saturated rings. The molecule has 0 aliphatic rings. The van der Waals surface area contributed by atoms with Crippen molar-refractivity contribution in [3.05, 3.63) is 53.9 Å². The monoisotopic (exact) mass is 282 g/mol. The average Bonchev–Trinajstić information content (AvgIpc) is 2.86. The van der Waals surface area contributed by atoms with E-state index in [1.165, 1.54) is 0 Å². The number of aliphatic hydroxyl groups is 1. The fraction of sp³-hybridized carbons (Fsp3) is 0.235. The van der Waals surface area contributed by atoms with Crippen molar-refractivity contribution in [1.82, 2.24) is 9.38 Å². The Morgan fingerprint density at radius 1 is 1.14 bits per heavy atom. The number of fused-ring (bicyclic) bond motifs is 1. The Balaban J connectivity index is 2.10. The maximum absolute atomic E-state index is 9.71. The zero-order chi connectivity index (χ0) is 14.8. The lowest BCUT2D eigenvalue weighted by Crippen LogP contribution is -1.95. The predicted molar refractivity (Wildman–Crippen MR) is 82.5 cm³/mol. The van der Waals surface area contributed by atoms with E-state index in [9.17, 15) is 5.11 Å². The Kier molecular flexibility index (Phi) is 3.62. The van der Waals surface area contributed by atoms with E-state index >= 15 is 0 Å². The molecule has 3 rings (SSSR count). The van der Waals surface area contributed by atoms with Gasteiger partial charge < -0.3 is 14.2 Å². The van der Waals surface area contributed by atoms with Crippen LogP contribution in [0.5, 0.6) is 5.75 Å². The molecule has 0 radical (unpaired) electrons. The number of hydrogen-bond donors (Lipinski definition) is 1. The first-order valence-corrected chi connectivity index (χ1v) is 7.04. The summed E-state index contributed by atoms with van der Waals surface area (Å²) in [5, 5.41) is 9.71. The van der Waals surface area contributed by atoms with Crippen LogP contribution in [0.25, 0.3) is 16.9 Å². The minimum absolute atomic E-state index is 0.0484. The fourth-order valence-corrected chi connectivity index (χ4v) is 2.46. The van der Waals surface area contributed by atoms with E-state index in [1.54, 1.807) is 0 Å². The van der Waals surface area contributed by atoms with Crippen molar-refractivity contribution in [1.29, 1.82) is 0 Å². The molecule has 2 heterocycles. The number of ether oxygens (including phenoxy) is 1. The molecule has 0 atom stereocenters. The molecule has 0 bridgehead atoms. The maximum atomic E-state index is 9.71. The molecule has 0 spiro atoms. The zero-order valence-electron chi connectivity index (χ0n) is 12.2. The molecule has 1 aromatic carbocycles. The Hall–Kier alpha value is -2.33. The molecule has 1 N–H and O–H groups in total. The third-order valence-electron chi connectivity index (χ3n) is 3.45. The largest absolute Gasteiger partial charge is 0.494 e. The SMILES string of the molecule is CCOc1ccc(-c2nc3ccc(C)cn3c2CO)cc1. The van der Waals surface area contributed by atoms with Crippen molar-refractivity contribution < 1.29 is 9.84 Å². The first-order chi connectivity index (χ1) is 10.2. The van der Waals surface area contributed by atoms with Crippen LogP contribution >= 0.6 is 0 Å². The maximum Gasteiger partial charge on any atom is 0.137 e. The molecule has 4 heteroatoms. The van der Waals surface area contributed by atoms with Crippen LogP contribution < -0.4 is 4.74 Å². The molecule has 3 aromatic rings. The van der Waals surface area contributed by atoms with E-state index in [0.717, 1.165) is 33.9 Å². The van der Waals surface area contributed by atoms with Gasteiger partial charge in [-0.15, -0.1) is 0 Å². The van der Waals surface area contributed by atoms with Crippen LogP contribution in [0, 0.1) is 6.92 Å². The molecule has 0 saturated carbocycles. The highest BCUT2D eigenvalue weighted by Gasteiger charge is 2.13. The number of imidazole rings is 1. The summed E-state index contributed by atoms with van der Waals surface area (Å²) >= 11 is 0. The molecule has 0 saturated heterocycles. The minimum atomic E-state index is -0.0484. The van der Waals surface area contributed by atoms with Gasteiger partial charge in [-0.05, 0) is 49.7 Å². The van der Waals surface area contributed by atoms with Gasteiger partial charge in [-0.3, -0.25) is 0 Å². The number of hydrogen-bond acceptors (Lipinski definition) is 3. The third-order valence-corrected chi connectivity index (χ3v) is 3.45. The van der Waals surface area contributed by atoms with Gasteiger partial charge in [0, 0.05) is 11.8 Å². The summed E-state index contributed by atoms with van der Waals surface area (Å²) in [5.41, 5.74) is 4.56. The van der Waals surface area contributed by atoms with Crippen molar-refractivity contribution in [2.24, 2.45) is 0 Å². The molecule has 4 nitrogen and oxygen atoms in total. The lowest BCUT2D eigenvalue weighted by Gasteiger charge is -2.05. The van der Waals surface area contributed by atoms with Gasteiger partial charge in [-0.1, -0.05) is 6.07 Å². The van der Waals surface area contributed by atoms with Gasteiger partial charge in [0.2, 0.25) is 0 Å². The standard InChI is InChI=1S/C17H18N2O2/c1-3-21-14-7-5-13(6-8-14)17-15(11-20)19-10-12(2)4-9-16(19)18-17/h4-10,20H,3,11H2,1-2H3. The lowest BCUT2D eigenvalue weighted by molar-refractivity contribution is 0.276. The van der Waals surface area contributed by atoms with Gasteiger partial charge in [-0.25, -0.2) is 4.98 Å². The second-order valence-electron chi connectivity index (χ2n) is 4.96. The molecule has 0 aliphatic heterocycles. The van der Waals surface area contributed by atoms with Crippen LogP contribution in [0.4, 0.5) is 0 Å². The van der Waals surface area contributed by atoms with E-state index in [1.807, 2.05) is 60.8 Å². The molecule has 0 amide bonds. The average molecular weight is 282 g/mol. The van der Waals surface area contributed by atoms with Gasteiger partial charge in [0.15, 0.2) is 0 Å². The van der Waals surface area contributed by atoms with Gasteiger partial charge in [0.25, 0.3) is 0 Å². The Bertz CT molecular complexity index is 760. The smallest absolute Gasteiger partial charge is 0.137 e. The van der Waals surface area contributed by atoms with E-state index in [-0.39, 0.29) is 6.61 Å². The second-order valence-corrected chi connectivity index (χ2v) is 4.96. The Morgan fingerprint density at radius 2 is 1.90 bits per heavy atom. The quantitative estimate of drug-likeness (QED) is 0.799. The third kappa shape index (κ3) is 2.50. The highest BCUT2D eigenvalue weighted by atomic mass is 16.5. The van der Waals surface area contributed by atoms with E-state index < -0.39 is 0 Å². The summed E-state index contributed by atoms with van der Waals surface area (Å²) in [6.45, 7) is 4.58. The lowest BCUT2D eigenvalue weighted by atomic mass is 10.1. The topological polar surface area (TPSA) is 46.8 Å². The molecule has 0 unspecified atom stereocenters. The van der Waals surface area contributed by atoms with Gasteiger partial charge in [0.05, 0.1) is 24.6 Å². The van der Waals surface area contributed by atoms with E-state index in [0.29, 0.717) is 6.61 Å². The summed E-state index contributed by atoms with van der Waals surface area (Å²) in [5.74, 6) is 0.839. The molecule has 108 valence electrons. The summed E-state index contributed by atoms with van der Waals surface area (Å²) in [4.78, 5) is 4.63. The van der Waals surface area contributed by atoms with Crippen molar-refractivity contribution in [3.63, 3.8) is 0 Å². The van der Waals surface area contributed by atoms with Crippen LogP contribution in [-0.4, -0.2) is 21.1 Å². The number of aryl methyl sites for hydroxylation is 1. The predicted octanol–water partition coefficient (Wildman–Crippen LogP) is 3.20. The highest BCUT2D eigenvalue weighted by Crippen LogP contribution is 2.26. The molecule has 2 aromatic heterocycles. The summed E-state index contributed by atoms with van der Waals surface area (Å²) in [6, 6.07) is 11.8. The fourth-order valence-electron chi connectivity index (χ4n) is 2.46. The van der Waals surface area contributed by atoms with Crippen molar-refractivity contribution >= 4 is 5.65 Å². The van der Waals surface area contributed by atoms with Crippen molar-refractivity contribution in [2.45, 2.75) is 20.5 Å². The van der Waals surface area contributed by atoms with Crippen LogP contribution in [0.2, 0.25) is 0 Å². The van der Waals surface area contributed by atoms with Gasteiger partial charge in [-0.2, -0.15) is 0 Å². The number of nitrogens with zero attached hydrogens (tertiary/aromatic N) is 2. The Labute approximate surface area is 123 Å². The van der Waals surface area contributed by atoms with Gasteiger partial charge >= 0.3 is 0 Å². The molecular formula is C17H18N2O2. The van der Waals surface area contributed by atoms with Gasteiger partial charge in [0.1, 0.15) is 11.4 Å². The van der Waals surface area contributed by atoms with Crippen LogP contribution in [0.15, 0.2) is 42.6 Å². The number of aliphatic hydroxyl groups excluding tert-OH is 1. The number of pyridine rings is 1. The van der Waals surface area contributed by atoms with Crippen molar-refractivity contribution in [3.8, 4) is 17.0 Å². The summed E-state index contributed by atoms with van der Waals surface area (Å²) < 4.78 is 7.40. The first kappa shape index (κ1) is 13.6. The highest BCUT2D eigenvalue weighted by molar-refractivity contribution is 5.67. The number of benzene rings is 1. The van der Waals surface area contributed by atoms with E-state index in [2.05, 4.69) is 4.98 Å². The van der Waals surface area contributed by atoms with Crippen LogP contribution in [-0.2, 0) is 6.61 Å². The number of rotatable bonds is 4. The molecular weight excluding hydrogens is 264 g/mol. The van der Waals surface area contributed by atoms with E-state index in [4.69, 9.17) is 4.74 Å². The minimum Gasteiger partial charge on any atom is -0.494 e.